The van der Waals surface area contributed by atoms with Crippen molar-refractivity contribution in [3.63, 3.8) is 0 Å². The summed E-state index contributed by atoms with van der Waals surface area (Å²) in [5.41, 5.74) is 5.26. The van der Waals surface area contributed by atoms with E-state index in [4.69, 9.17) is 0 Å². The summed E-state index contributed by atoms with van der Waals surface area (Å²) in [7, 11) is 0. The molecular weight excluding hydrogens is 260 g/mol. The van der Waals surface area contributed by atoms with Crippen LogP contribution < -0.4 is 0 Å². The van der Waals surface area contributed by atoms with Crippen molar-refractivity contribution in [3.05, 3.63) is 54.5 Å². The Morgan fingerprint density at radius 3 is 2.76 bits per heavy atom. The lowest BCUT2D eigenvalue weighted by Crippen LogP contribution is -1.91. The summed E-state index contributed by atoms with van der Waals surface area (Å²) >= 11 is 0. The minimum atomic E-state index is 0.506. The summed E-state index contributed by atoms with van der Waals surface area (Å²) in [6.45, 7) is 4.39. The van der Waals surface area contributed by atoms with Crippen LogP contribution in [0.4, 0.5) is 0 Å². The fraction of sp³-hybridized carbons (Fsp3) is 0.176. The number of aromatic nitrogens is 4. The quantitative estimate of drug-likeness (QED) is 0.601. The average Bonchev–Trinajstić information content (AvgIpc) is 3.09. The second-order valence-corrected chi connectivity index (χ2v) is 5.61. The number of para-hydroxylation sites is 2. The number of nitrogens with one attached hydrogen (secondary N) is 1. The van der Waals surface area contributed by atoms with Crippen LogP contribution >= 0.6 is 0 Å². The Kier molecular flexibility index (Phi) is 2.57. The summed E-state index contributed by atoms with van der Waals surface area (Å²) in [5, 5.41) is 0. The maximum atomic E-state index is 4.63. The Morgan fingerprint density at radius 2 is 1.95 bits per heavy atom. The molecule has 0 saturated heterocycles. The summed E-state index contributed by atoms with van der Waals surface area (Å²) in [4.78, 5) is 12.5. The van der Waals surface area contributed by atoms with Crippen molar-refractivity contribution in [1.82, 2.24) is 19.4 Å². The van der Waals surface area contributed by atoms with Crippen LogP contribution in [0.3, 0.4) is 0 Å². The van der Waals surface area contributed by atoms with Gasteiger partial charge in [0.05, 0.1) is 16.6 Å². The van der Waals surface area contributed by atoms with Gasteiger partial charge < -0.3 is 9.38 Å². The van der Waals surface area contributed by atoms with Crippen LogP contribution in [0.15, 0.2) is 48.9 Å². The topological polar surface area (TPSA) is 46.0 Å². The maximum Gasteiger partial charge on any atom is 0.159 e. The average molecular weight is 276 g/mol. The SMILES string of the molecule is CC(C)c1ccc2c(-c3nc4ccccc4[nH]3)ncn2c1. The molecule has 0 spiro atoms. The molecule has 0 saturated carbocycles. The van der Waals surface area contributed by atoms with E-state index in [0.717, 1.165) is 28.1 Å². The van der Waals surface area contributed by atoms with E-state index in [1.165, 1.54) is 5.56 Å². The fourth-order valence-corrected chi connectivity index (χ4v) is 2.61. The zero-order valence-electron chi connectivity index (χ0n) is 12.0. The Labute approximate surface area is 122 Å². The molecule has 4 rings (SSSR count). The van der Waals surface area contributed by atoms with Crippen LogP contribution in [0.25, 0.3) is 28.1 Å². The van der Waals surface area contributed by atoms with Crippen LogP contribution in [0.5, 0.6) is 0 Å². The third kappa shape index (κ3) is 1.91. The number of pyridine rings is 1. The van der Waals surface area contributed by atoms with Gasteiger partial charge in [-0.05, 0) is 29.7 Å². The van der Waals surface area contributed by atoms with Crippen molar-refractivity contribution in [1.29, 1.82) is 0 Å². The molecule has 0 aliphatic heterocycles. The predicted octanol–water partition coefficient (Wildman–Crippen LogP) is 4.00. The fourth-order valence-electron chi connectivity index (χ4n) is 2.61. The van der Waals surface area contributed by atoms with Crippen molar-refractivity contribution in [2.24, 2.45) is 0 Å². The molecule has 21 heavy (non-hydrogen) atoms. The summed E-state index contributed by atoms with van der Waals surface area (Å²) in [6, 6.07) is 12.3. The smallest absolute Gasteiger partial charge is 0.159 e. The molecule has 104 valence electrons. The highest BCUT2D eigenvalue weighted by Gasteiger charge is 2.12. The first-order valence-electron chi connectivity index (χ1n) is 7.14. The highest BCUT2D eigenvalue weighted by molar-refractivity contribution is 5.82. The van der Waals surface area contributed by atoms with Crippen molar-refractivity contribution < 1.29 is 0 Å². The Morgan fingerprint density at radius 1 is 1.10 bits per heavy atom. The Balaban J connectivity index is 1.90. The first-order chi connectivity index (χ1) is 10.2. The van der Waals surface area contributed by atoms with E-state index < -0.39 is 0 Å². The molecule has 0 fully saturated rings. The van der Waals surface area contributed by atoms with E-state index in [0.29, 0.717) is 5.92 Å². The lowest BCUT2D eigenvalue weighted by molar-refractivity contribution is 0.853. The van der Waals surface area contributed by atoms with Gasteiger partial charge in [-0.2, -0.15) is 0 Å². The van der Waals surface area contributed by atoms with Gasteiger partial charge in [0.1, 0.15) is 12.0 Å². The maximum absolute atomic E-state index is 4.63. The number of imidazole rings is 2. The predicted molar refractivity (Wildman–Crippen MR) is 84.4 cm³/mol. The minimum absolute atomic E-state index is 0.506. The molecule has 1 N–H and O–H groups in total. The van der Waals surface area contributed by atoms with Gasteiger partial charge in [0.15, 0.2) is 5.82 Å². The molecule has 3 aromatic heterocycles. The molecule has 0 bridgehead atoms. The summed E-state index contributed by atoms with van der Waals surface area (Å²) < 4.78 is 2.07. The number of nitrogens with zero attached hydrogens (tertiary/aromatic N) is 3. The van der Waals surface area contributed by atoms with Gasteiger partial charge in [-0.25, -0.2) is 9.97 Å². The van der Waals surface area contributed by atoms with Crippen molar-refractivity contribution in [3.8, 4) is 11.5 Å². The second-order valence-electron chi connectivity index (χ2n) is 5.61. The van der Waals surface area contributed by atoms with Crippen LogP contribution in [0.2, 0.25) is 0 Å². The van der Waals surface area contributed by atoms with Gasteiger partial charge >= 0.3 is 0 Å². The first-order valence-corrected chi connectivity index (χ1v) is 7.14. The summed E-state index contributed by atoms with van der Waals surface area (Å²) in [5.74, 6) is 1.32. The van der Waals surface area contributed by atoms with Crippen molar-refractivity contribution in [2.45, 2.75) is 19.8 Å². The van der Waals surface area contributed by atoms with Gasteiger partial charge in [-0.3, -0.25) is 0 Å². The van der Waals surface area contributed by atoms with Crippen LogP contribution in [0.1, 0.15) is 25.3 Å². The van der Waals surface area contributed by atoms with Crippen molar-refractivity contribution in [2.75, 3.05) is 0 Å². The van der Waals surface area contributed by atoms with Crippen LogP contribution in [0, 0.1) is 0 Å². The van der Waals surface area contributed by atoms with E-state index in [2.05, 4.69) is 51.5 Å². The normalized spacial score (nSPS) is 11.8. The molecule has 3 heterocycles. The molecule has 4 heteroatoms. The Hall–Kier alpha value is -2.62. The van der Waals surface area contributed by atoms with Crippen LogP contribution in [-0.4, -0.2) is 19.4 Å². The van der Waals surface area contributed by atoms with Gasteiger partial charge in [-0.1, -0.05) is 32.0 Å². The van der Waals surface area contributed by atoms with Crippen LogP contribution in [-0.2, 0) is 0 Å². The third-order valence-corrected chi connectivity index (χ3v) is 3.83. The lowest BCUT2D eigenvalue weighted by atomic mass is 10.1. The molecule has 0 aliphatic rings. The molecular formula is C17H16N4. The number of hydrogen-bond donors (Lipinski definition) is 1. The largest absolute Gasteiger partial charge is 0.337 e. The van der Waals surface area contributed by atoms with E-state index in [9.17, 15) is 0 Å². The number of benzene rings is 1. The minimum Gasteiger partial charge on any atom is -0.337 e. The Bertz CT molecular complexity index is 897. The molecule has 0 aliphatic carbocycles. The standard InChI is InChI=1S/C17H16N4/c1-11(2)12-7-8-15-16(18-10-21(15)9-12)17-19-13-5-3-4-6-14(13)20-17/h3-11H,1-2H3,(H,19,20). The molecule has 1 aromatic carbocycles. The van der Waals surface area contributed by atoms with E-state index in [1.807, 2.05) is 30.6 Å². The van der Waals surface area contributed by atoms with Crippen molar-refractivity contribution >= 4 is 16.6 Å². The number of rotatable bonds is 2. The second kappa shape index (κ2) is 4.45. The molecule has 0 amide bonds. The van der Waals surface area contributed by atoms with E-state index in [-0.39, 0.29) is 0 Å². The summed E-state index contributed by atoms with van der Waals surface area (Å²) in [6.07, 6.45) is 3.99. The lowest BCUT2D eigenvalue weighted by Gasteiger charge is -2.05. The number of fused-ring (bicyclic) bond motifs is 2. The highest BCUT2D eigenvalue weighted by atomic mass is 15.0. The number of hydrogen-bond acceptors (Lipinski definition) is 2. The van der Waals surface area contributed by atoms with Gasteiger partial charge in [0.2, 0.25) is 0 Å². The zero-order valence-corrected chi connectivity index (χ0v) is 12.0. The first kappa shape index (κ1) is 12.1. The van der Waals surface area contributed by atoms with E-state index in [1.54, 1.807) is 0 Å². The van der Waals surface area contributed by atoms with Gasteiger partial charge in [-0.15, -0.1) is 0 Å². The van der Waals surface area contributed by atoms with Gasteiger partial charge in [0, 0.05) is 6.20 Å². The number of H-pyrrole nitrogens is 1. The monoisotopic (exact) mass is 276 g/mol. The molecule has 0 atom stereocenters. The molecule has 0 unspecified atom stereocenters. The number of aromatic amines is 1. The zero-order chi connectivity index (χ0) is 14.4. The van der Waals surface area contributed by atoms with E-state index >= 15 is 0 Å². The molecule has 4 aromatic rings. The highest BCUT2D eigenvalue weighted by Crippen LogP contribution is 2.25. The third-order valence-electron chi connectivity index (χ3n) is 3.83. The van der Waals surface area contributed by atoms with Gasteiger partial charge in [0.25, 0.3) is 0 Å². The molecule has 4 nitrogen and oxygen atoms in total. The molecule has 0 radical (unpaired) electrons.